The molecule has 6 aliphatic rings. The van der Waals surface area contributed by atoms with E-state index in [-0.39, 0.29) is 89.6 Å². The van der Waals surface area contributed by atoms with E-state index in [2.05, 4.69) is 31.3 Å². The third kappa shape index (κ3) is 8.91. The molecule has 76 heavy (non-hydrogen) atoms. The van der Waals surface area contributed by atoms with Gasteiger partial charge in [-0.05, 0) is 113 Å². The molecule has 6 saturated heterocycles. The summed E-state index contributed by atoms with van der Waals surface area (Å²) in [4.78, 5) is 71.5. The molecule has 6 aromatic rings. The van der Waals surface area contributed by atoms with Crippen molar-refractivity contribution in [3.63, 3.8) is 0 Å². The number of piperazine rings is 1. The van der Waals surface area contributed by atoms with Crippen molar-refractivity contribution in [1.82, 2.24) is 44.5 Å². The number of halogens is 2. The summed E-state index contributed by atoms with van der Waals surface area (Å²) in [6, 6.07) is 13.7. The topological polar surface area (TPSA) is 189 Å². The molecule has 19 heteroatoms. The Kier molecular flexibility index (Phi) is 13.2. The van der Waals surface area contributed by atoms with Gasteiger partial charge in [0.25, 0.3) is 0 Å². The maximum absolute atomic E-state index is 17.3. The number of terminal acetylenes is 1. The van der Waals surface area contributed by atoms with Crippen molar-refractivity contribution in [3.05, 3.63) is 88.0 Å². The Morgan fingerprint density at radius 3 is 2.59 bits per heavy atom. The number of pyridine rings is 1. The number of ether oxygens (including phenoxy) is 2. The zero-order chi connectivity index (χ0) is 52.4. The number of hydrogen-bond donors (Lipinski definition) is 3. The summed E-state index contributed by atoms with van der Waals surface area (Å²) >= 11 is 0. The second-order valence-electron chi connectivity index (χ2n) is 21.8. The molecular formula is C57H62F2N10O7. The van der Waals surface area contributed by atoms with Gasteiger partial charge >= 0.3 is 17.8 Å². The van der Waals surface area contributed by atoms with Gasteiger partial charge in [0.05, 0.1) is 33.6 Å². The molecule has 3 amide bonds. The molecular weight excluding hydrogens is 975 g/mol. The lowest BCUT2D eigenvalue weighted by molar-refractivity contribution is -0.135. The lowest BCUT2D eigenvalue weighted by atomic mass is 9.92. The third-order valence-corrected chi connectivity index (χ3v) is 17.4. The zero-order valence-electron chi connectivity index (χ0n) is 42.6. The Morgan fingerprint density at radius 1 is 0.961 bits per heavy atom. The maximum Gasteiger partial charge on any atom is 0.407 e. The highest BCUT2D eigenvalue weighted by Gasteiger charge is 2.51. The summed E-state index contributed by atoms with van der Waals surface area (Å²) in [7, 11) is 1.71. The number of aryl methyl sites for hydroxylation is 2. The molecule has 0 radical (unpaired) electrons. The highest BCUT2D eigenvalue weighted by atomic mass is 19.1. The van der Waals surface area contributed by atoms with Crippen LogP contribution in [0.15, 0.2) is 59.5 Å². The van der Waals surface area contributed by atoms with Crippen molar-refractivity contribution in [1.29, 1.82) is 0 Å². The predicted octanol–water partition coefficient (Wildman–Crippen LogP) is 6.99. The van der Waals surface area contributed by atoms with Crippen molar-refractivity contribution in [3.8, 4) is 29.6 Å². The molecule has 6 fully saturated rings. The monoisotopic (exact) mass is 1040 g/mol. The van der Waals surface area contributed by atoms with Gasteiger partial charge in [0, 0.05) is 81.0 Å². The average Bonchev–Trinajstić information content (AvgIpc) is 4.16. The van der Waals surface area contributed by atoms with E-state index in [9.17, 15) is 24.3 Å². The van der Waals surface area contributed by atoms with Gasteiger partial charge < -0.3 is 29.7 Å². The largest absolute Gasteiger partial charge is 0.465 e. The number of benzene rings is 3. The average molecular weight is 1040 g/mol. The molecule has 7 atom stereocenters. The minimum absolute atomic E-state index is 0.00243. The van der Waals surface area contributed by atoms with Crippen molar-refractivity contribution in [2.45, 2.75) is 132 Å². The van der Waals surface area contributed by atoms with Crippen LogP contribution in [0.2, 0.25) is 0 Å². The van der Waals surface area contributed by atoms with Crippen LogP contribution in [-0.2, 0) is 27.8 Å². The van der Waals surface area contributed by atoms with Crippen LogP contribution in [0, 0.1) is 24.0 Å². The molecule has 2 bridgehead atoms. The molecule has 0 spiro atoms. The van der Waals surface area contributed by atoms with Crippen LogP contribution < -0.4 is 26.0 Å². The lowest BCUT2D eigenvalue weighted by Crippen LogP contribution is -2.52. The number of rotatable bonds is 14. The minimum Gasteiger partial charge on any atom is -0.465 e. The Morgan fingerprint density at radius 2 is 1.79 bits per heavy atom. The minimum atomic E-state index is -0.927. The van der Waals surface area contributed by atoms with Gasteiger partial charge in [0.1, 0.15) is 35.5 Å². The smallest absolute Gasteiger partial charge is 0.407 e. The Labute approximate surface area is 437 Å². The van der Waals surface area contributed by atoms with E-state index in [1.807, 2.05) is 24.3 Å². The van der Waals surface area contributed by atoms with Crippen LogP contribution in [-0.4, -0.2) is 132 Å². The third-order valence-electron chi connectivity index (χ3n) is 17.4. The van der Waals surface area contributed by atoms with E-state index in [1.54, 1.807) is 40.9 Å². The highest BCUT2D eigenvalue weighted by molar-refractivity contribution is 6.02. The van der Waals surface area contributed by atoms with Crippen LogP contribution in [0.3, 0.4) is 0 Å². The van der Waals surface area contributed by atoms with E-state index in [0.717, 1.165) is 69.0 Å². The number of aromatic nitrogens is 5. The maximum atomic E-state index is 17.3. The quantitative estimate of drug-likeness (QED) is 0.0576. The number of nitrogens with zero attached hydrogens (tertiary/aromatic N) is 8. The number of amides is 3. The number of carbonyl (C=O) groups is 3. The molecule has 17 nitrogen and oxygen atoms in total. The van der Waals surface area contributed by atoms with Crippen molar-refractivity contribution >= 4 is 56.4 Å². The number of imide groups is 1. The van der Waals surface area contributed by atoms with Crippen LogP contribution >= 0.6 is 0 Å². The van der Waals surface area contributed by atoms with Crippen molar-refractivity contribution in [2.75, 3.05) is 44.3 Å². The fourth-order valence-corrected chi connectivity index (χ4v) is 13.8. The summed E-state index contributed by atoms with van der Waals surface area (Å²) in [6.07, 6.45) is 16.6. The SMILES string of the molecule is C#Cc1c(F)ccc2cccc(-c3ncc4c(N5CC6CCC(C5)N6)nc(OC[C@@]56CCCN5[C@H](CC5CC(OCCCCc7cccc8c7n(C)c(=O)n8C7CCC(=O)NC7=O)CCN5C(=O)O)CC6)nc4c3F)c12. The fraction of sp³-hybridized carbons (Fsp3) is 0.491. The normalized spacial score (nSPS) is 25.7. The van der Waals surface area contributed by atoms with E-state index < -0.39 is 29.7 Å². The lowest BCUT2D eigenvalue weighted by Gasteiger charge is -2.41. The van der Waals surface area contributed by atoms with Crippen LogP contribution in [0.25, 0.3) is 44.0 Å². The number of imidazole rings is 1. The number of carbonyl (C=O) groups excluding carboxylic acids is 2. The molecule has 3 aromatic heterocycles. The summed E-state index contributed by atoms with van der Waals surface area (Å²) in [5.74, 6) is 0.980. The van der Waals surface area contributed by atoms with Gasteiger partial charge in [-0.3, -0.25) is 33.9 Å². The van der Waals surface area contributed by atoms with E-state index in [4.69, 9.17) is 25.9 Å². The van der Waals surface area contributed by atoms with Crippen LogP contribution in [0.5, 0.6) is 6.01 Å². The number of likely N-dealkylation sites (tertiary alicyclic amines) is 1. The Balaban J connectivity index is 0.727. The second-order valence-corrected chi connectivity index (χ2v) is 21.8. The fourth-order valence-electron chi connectivity index (χ4n) is 13.8. The first-order valence-corrected chi connectivity index (χ1v) is 27.0. The summed E-state index contributed by atoms with van der Waals surface area (Å²) in [5.41, 5.74) is 2.27. The molecule has 0 saturated carbocycles. The first kappa shape index (κ1) is 49.8. The van der Waals surface area contributed by atoms with E-state index in [1.165, 1.54) is 10.6 Å². The van der Waals surface area contributed by atoms with Crippen LogP contribution in [0.4, 0.5) is 19.4 Å². The van der Waals surface area contributed by atoms with E-state index in [0.29, 0.717) is 85.0 Å². The number of para-hydroxylation sites is 1. The van der Waals surface area contributed by atoms with Gasteiger partial charge in [0.15, 0.2) is 5.82 Å². The molecule has 396 valence electrons. The molecule has 0 aliphatic carbocycles. The standard InChI is InChI=1S/C57H62F2N10O7/c1-3-40-43(58)17-14-33-10-6-12-41(47(33)40)49-48(59)50-42(29-60-49)52(66-30-35-15-16-36(31-66)61-35)64-54(63-50)76-32-57-22-8-24-68(57)37(20-23-57)27-38-28-39(21-25-67(38)56(73)74)75-26-5-4-9-34-11-7-13-44-51(34)65(2)55(72)69(44)45-18-19-46(70)62-53(45)71/h1,6-7,10-14,17,29,35-39,45,61H,4-5,8-9,15-16,18-28,30-32H2,2H3,(H,73,74)(H,62,70,71)/t35?,36?,37-,38?,39?,45?,57-/m0/s1. The van der Waals surface area contributed by atoms with Gasteiger partial charge in [-0.2, -0.15) is 9.97 Å². The molecule has 5 unspecified atom stereocenters. The Hall–Kier alpha value is -7.01. The number of unbranched alkanes of at least 4 members (excludes halogenated alkanes) is 1. The van der Waals surface area contributed by atoms with Crippen LogP contribution in [0.1, 0.15) is 101 Å². The predicted molar refractivity (Wildman–Crippen MR) is 281 cm³/mol. The first-order valence-electron chi connectivity index (χ1n) is 27.0. The van der Waals surface area contributed by atoms with Gasteiger partial charge in [-0.1, -0.05) is 42.3 Å². The van der Waals surface area contributed by atoms with Gasteiger partial charge in [0.2, 0.25) is 11.8 Å². The molecule has 12 rings (SSSR count). The number of nitrogens with one attached hydrogen (secondary N) is 2. The molecule has 3 N–H and O–H groups in total. The second kappa shape index (κ2) is 20.2. The zero-order valence-corrected chi connectivity index (χ0v) is 42.6. The van der Waals surface area contributed by atoms with Gasteiger partial charge in [-0.25, -0.2) is 18.4 Å². The number of anilines is 1. The Bertz CT molecular complexity index is 3400. The van der Waals surface area contributed by atoms with Gasteiger partial charge in [-0.15, -0.1) is 6.42 Å². The van der Waals surface area contributed by atoms with Crippen molar-refractivity contribution < 1.29 is 37.7 Å². The number of carboxylic acid groups (broad SMARTS) is 1. The van der Waals surface area contributed by atoms with Crippen molar-refractivity contribution in [2.24, 2.45) is 7.05 Å². The number of piperidine rings is 2. The summed E-state index contributed by atoms with van der Waals surface area (Å²) in [6.45, 7) is 3.40. The molecule has 3 aromatic carbocycles. The highest BCUT2D eigenvalue weighted by Crippen LogP contribution is 2.46. The molecule has 6 aliphatic heterocycles. The number of hydrogen-bond acceptors (Lipinski definition) is 12. The summed E-state index contributed by atoms with van der Waals surface area (Å²) in [5, 5.41) is 18.0. The van der Waals surface area contributed by atoms with E-state index >= 15 is 8.78 Å². The molecule has 9 heterocycles. The number of fused-ring (bicyclic) bond motifs is 6. The first-order chi connectivity index (χ1) is 36.9. The summed E-state index contributed by atoms with van der Waals surface area (Å²) < 4.78 is 48.6.